The number of phenols is 1. The van der Waals surface area contributed by atoms with Crippen molar-refractivity contribution in [1.82, 2.24) is 4.90 Å². The van der Waals surface area contributed by atoms with Crippen LogP contribution in [0.1, 0.15) is 23.1 Å². The van der Waals surface area contributed by atoms with E-state index < -0.39 is 58.0 Å². The molecule has 0 spiro atoms. The molecule has 10 heteroatoms. The third kappa shape index (κ3) is 2.91. The largest absolute Gasteiger partial charge is 0.508 e. The summed E-state index contributed by atoms with van der Waals surface area (Å²) in [6, 6.07) is 0.686. The molecule has 1 saturated carbocycles. The number of anilines is 1. The number of benzene rings is 1. The van der Waals surface area contributed by atoms with Crippen molar-refractivity contribution in [1.29, 1.82) is 0 Å². The third-order valence-electron chi connectivity index (χ3n) is 7.37. The van der Waals surface area contributed by atoms with E-state index >= 15 is 0 Å². The number of phenolic OH excluding ortho intramolecular Hbond substituents is 1. The first-order chi connectivity index (χ1) is 15.7. The third-order valence-corrected chi connectivity index (χ3v) is 7.37. The van der Waals surface area contributed by atoms with Gasteiger partial charge < -0.3 is 31.1 Å². The molecule has 0 bridgehead atoms. The number of hydrogen-bond acceptors (Lipinski definition) is 9. The monoisotopic (exact) mass is 471 g/mol. The van der Waals surface area contributed by atoms with Gasteiger partial charge >= 0.3 is 0 Å². The first-order valence-corrected chi connectivity index (χ1v) is 10.9. The fourth-order valence-electron chi connectivity index (χ4n) is 5.82. The number of primary amides is 1. The van der Waals surface area contributed by atoms with E-state index in [-0.39, 0.29) is 29.7 Å². The Kier molecular flexibility index (Phi) is 5.30. The molecule has 1 fully saturated rings. The molecule has 0 radical (unpaired) electrons. The van der Waals surface area contributed by atoms with E-state index in [2.05, 4.69) is 0 Å². The number of aromatic hydroxyl groups is 1. The van der Waals surface area contributed by atoms with Crippen LogP contribution in [-0.2, 0) is 20.8 Å². The summed E-state index contributed by atoms with van der Waals surface area (Å²) < 4.78 is 0. The van der Waals surface area contributed by atoms with Crippen LogP contribution in [0.2, 0.25) is 0 Å². The van der Waals surface area contributed by atoms with Crippen LogP contribution in [0.25, 0.3) is 5.76 Å². The van der Waals surface area contributed by atoms with Gasteiger partial charge in [-0.3, -0.25) is 19.3 Å². The lowest BCUT2D eigenvalue weighted by Gasteiger charge is -2.50. The van der Waals surface area contributed by atoms with Crippen LogP contribution in [0.4, 0.5) is 5.69 Å². The van der Waals surface area contributed by atoms with Gasteiger partial charge in [0.1, 0.15) is 22.8 Å². The number of ketones is 2. The standard InChI is InChI=1S/C24H29N3O7/c1-9-6-13(26(2)3)11-7-10-8-12-17(27(4)5)20(30)16(23(25)33)22(32)24(12,34)21(31)14(10)19(29)15(11)18(9)28/h6,10,12,17,28-29,32,34H,7-8H2,1-5H3,(H2,25,33). The van der Waals surface area contributed by atoms with E-state index in [1.165, 1.54) is 4.90 Å². The molecule has 0 saturated heterocycles. The Morgan fingerprint density at radius 3 is 2.29 bits per heavy atom. The Morgan fingerprint density at radius 2 is 1.76 bits per heavy atom. The van der Waals surface area contributed by atoms with Gasteiger partial charge in [0.2, 0.25) is 5.78 Å². The van der Waals surface area contributed by atoms with Crippen LogP contribution in [0, 0.1) is 18.8 Å². The van der Waals surface area contributed by atoms with Crippen molar-refractivity contribution >= 4 is 28.9 Å². The van der Waals surface area contributed by atoms with Crippen LogP contribution in [0.5, 0.6) is 5.75 Å². The van der Waals surface area contributed by atoms with Crippen molar-refractivity contribution < 1.29 is 34.8 Å². The Bertz CT molecular complexity index is 1210. The molecular weight excluding hydrogens is 442 g/mol. The molecule has 0 aromatic heterocycles. The minimum Gasteiger partial charge on any atom is -0.508 e. The summed E-state index contributed by atoms with van der Waals surface area (Å²) in [5, 5.41) is 44.4. The Morgan fingerprint density at radius 1 is 1.15 bits per heavy atom. The average molecular weight is 472 g/mol. The highest BCUT2D eigenvalue weighted by atomic mass is 16.3. The van der Waals surface area contributed by atoms with Crippen molar-refractivity contribution in [3.05, 3.63) is 39.7 Å². The van der Waals surface area contributed by atoms with Crippen LogP contribution >= 0.6 is 0 Å². The summed E-state index contributed by atoms with van der Waals surface area (Å²) >= 11 is 0. The maximum Gasteiger partial charge on any atom is 0.255 e. The molecule has 3 aliphatic rings. The summed E-state index contributed by atoms with van der Waals surface area (Å²) in [5.41, 5.74) is 3.69. The number of aliphatic hydroxyl groups is 3. The van der Waals surface area contributed by atoms with Gasteiger partial charge in [0.25, 0.3) is 5.91 Å². The molecule has 1 aromatic rings. The minimum absolute atomic E-state index is 0.0628. The topological polar surface area (TPSA) is 165 Å². The van der Waals surface area contributed by atoms with Crippen molar-refractivity contribution in [3.63, 3.8) is 0 Å². The van der Waals surface area contributed by atoms with Gasteiger partial charge in [-0.1, -0.05) is 0 Å². The molecule has 1 aromatic carbocycles. The highest BCUT2D eigenvalue weighted by Gasteiger charge is 2.64. The second kappa shape index (κ2) is 7.57. The molecule has 4 atom stereocenters. The van der Waals surface area contributed by atoms with E-state index in [1.54, 1.807) is 27.1 Å². The molecule has 182 valence electrons. The van der Waals surface area contributed by atoms with Gasteiger partial charge in [-0.05, 0) is 57.0 Å². The number of hydrogen-bond donors (Lipinski definition) is 5. The van der Waals surface area contributed by atoms with E-state index in [4.69, 9.17) is 5.73 Å². The molecular formula is C24H29N3O7. The normalized spacial score (nSPS) is 28.6. The van der Waals surface area contributed by atoms with Crippen LogP contribution < -0.4 is 10.6 Å². The summed E-state index contributed by atoms with van der Waals surface area (Å²) in [6.07, 6.45) is 0.323. The molecule has 10 nitrogen and oxygen atoms in total. The van der Waals surface area contributed by atoms with Crippen molar-refractivity contribution in [2.24, 2.45) is 17.6 Å². The number of Topliss-reactive ketones (excluding diaryl/α,β-unsaturated/α-hetero) is 2. The van der Waals surface area contributed by atoms with Crippen LogP contribution in [-0.4, -0.2) is 82.6 Å². The molecule has 6 N–H and O–H groups in total. The molecule has 0 heterocycles. The average Bonchev–Trinajstić information content (AvgIpc) is 2.72. The Hall–Kier alpha value is -3.37. The van der Waals surface area contributed by atoms with Gasteiger partial charge in [-0.25, -0.2) is 0 Å². The zero-order chi connectivity index (χ0) is 25.4. The van der Waals surface area contributed by atoms with Crippen LogP contribution in [0.3, 0.4) is 0 Å². The van der Waals surface area contributed by atoms with E-state index in [0.29, 0.717) is 11.1 Å². The fourth-order valence-corrected chi connectivity index (χ4v) is 5.82. The summed E-state index contributed by atoms with van der Waals surface area (Å²) in [6.45, 7) is 1.67. The van der Waals surface area contributed by atoms with Crippen molar-refractivity contribution in [2.75, 3.05) is 33.1 Å². The number of carbonyl (C=O) groups excluding carboxylic acids is 3. The summed E-state index contributed by atoms with van der Waals surface area (Å²) in [5.74, 6) is -6.49. The predicted molar refractivity (Wildman–Crippen MR) is 123 cm³/mol. The molecule has 0 aliphatic heterocycles. The lowest BCUT2D eigenvalue weighted by Crippen LogP contribution is -2.65. The number of aliphatic hydroxyl groups excluding tert-OH is 2. The molecule has 4 unspecified atom stereocenters. The number of aryl methyl sites for hydroxylation is 1. The number of amides is 1. The number of likely N-dealkylation sites (N-methyl/N-ethyl adjacent to an activating group) is 1. The second-order valence-electron chi connectivity index (χ2n) is 9.77. The lowest BCUT2D eigenvalue weighted by molar-refractivity contribution is -0.153. The number of nitrogens with two attached hydrogens (primary N) is 1. The smallest absolute Gasteiger partial charge is 0.255 e. The SMILES string of the molecule is Cc1cc(N(C)C)c2c(c1O)C(O)=C1C(=O)C3(O)C(O)=C(C(N)=O)C(=O)C(N(C)C)C3CC1C2. The highest BCUT2D eigenvalue weighted by molar-refractivity contribution is 6.24. The minimum atomic E-state index is -2.63. The van der Waals surface area contributed by atoms with E-state index in [1.807, 2.05) is 19.0 Å². The predicted octanol–water partition coefficient (Wildman–Crippen LogP) is 0.338. The molecule has 4 rings (SSSR count). The molecule has 34 heavy (non-hydrogen) atoms. The van der Waals surface area contributed by atoms with Gasteiger partial charge in [-0.2, -0.15) is 0 Å². The van der Waals surface area contributed by atoms with Gasteiger partial charge in [0.05, 0.1) is 11.6 Å². The number of fused-ring (bicyclic) bond motifs is 3. The Balaban J connectivity index is 2.01. The number of carbonyl (C=O) groups is 3. The second-order valence-corrected chi connectivity index (χ2v) is 9.77. The number of rotatable bonds is 3. The maximum atomic E-state index is 13.8. The fraction of sp³-hybridized carbons (Fsp3) is 0.458. The zero-order valence-electron chi connectivity index (χ0n) is 19.7. The summed E-state index contributed by atoms with van der Waals surface area (Å²) in [7, 11) is 6.78. The van der Waals surface area contributed by atoms with Gasteiger partial charge in [-0.15, -0.1) is 0 Å². The van der Waals surface area contributed by atoms with E-state index in [9.17, 15) is 34.8 Å². The molecule has 3 aliphatic carbocycles. The zero-order valence-corrected chi connectivity index (χ0v) is 19.7. The van der Waals surface area contributed by atoms with Crippen molar-refractivity contribution in [2.45, 2.75) is 31.4 Å². The summed E-state index contributed by atoms with van der Waals surface area (Å²) in [4.78, 5) is 42.2. The van der Waals surface area contributed by atoms with Crippen molar-refractivity contribution in [3.8, 4) is 5.75 Å². The first kappa shape index (κ1) is 23.8. The molecule has 1 amide bonds. The van der Waals surface area contributed by atoms with Gasteiger partial charge in [0, 0.05) is 31.3 Å². The lowest BCUT2D eigenvalue weighted by atomic mass is 9.57. The first-order valence-electron chi connectivity index (χ1n) is 10.9. The van der Waals surface area contributed by atoms with E-state index in [0.717, 1.165) is 5.69 Å². The van der Waals surface area contributed by atoms with Crippen LogP contribution in [0.15, 0.2) is 23.0 Å². The Labute approximate surface area is 196 Å². The maximum absolute atomic E-state index is 13.8. The van der Waals surface area contributed by atoms with Gasteiger partial charge in [0.15, 0.2) is 11.4 Å². The quantitative estimate of drug-likeness (QED) is 0.391. The highest BCUT2D eigenvalue weighted by Crippen LogP contribution is 2.53. The number of nitrogens with zero attached hydrogens (tertiary/aromatic N) is 2.